The SMILES string of the molecule is COc1ccc(N2CCN(c3ncnc(Nc4cc(Cl)cc(Cl)c4)c3N)CC2)cc1. The molecule has 1 fully saturated rings. The van der Waals surface area contributed by atoms with Crippen molar-refractivity contribution in [3.63, 3.8) is 0 Å². The zero-order valence-electron chi connectivity index (χ0n) is 16.5. The second-order valence-electron chi connectivity index (χ2n) is 6.91. The van der Waals surface area contributed by atoms with Crippen LogP contribution in [0.25, 0.3) is 0 Å². The predicted octanol–water partition coefficient (Wildman–Crippen LogP) is 4.44. The van der Waals surface area contributed by atoms with Gasteiger partial charge in [-0.15, -0.1) is 0 Å². The van der Waals surface area contributed by atoms with Crippen LogP contribution in [0.3, 0.4) is 0 Å². The van der Waals surface area contributed by atoms with E-state index in [1.54, 1.807) is 25.3 Å². The van der Waals surface area contributed by atoms with Crippen molar-refractivity contribution in [2.75, 3.05) is 54.1 Å². The minimum absolute atomic E-state index is 0.492. The van der Waals surface area contributed by atoms with Crippen LogP contribution in [0, 0.1) is 0 Å². The Bertz CT molecular complexity index is 1000. The summed E-state index contributed by atoms with van der Waals surface area (Å²) in [4.78, 5) is 13.2. The van der Waals surface area contributed by atoms with E-state index in [0.29, 0.717) is 27.2 Å². The van der Waals surface area contributed by atoms with E-state index in [1.807, 2.05) is 12.1 Å². The van der Waals surface area contributed by atoms with Crippen LogP contribution in [0.4, 0.5) is 28.7 Å². The molecule has 0 bridgehead atoms. The van der Waals surface area contributed by atoms with Gasteiger partial charge in [-0.25, -0.2) is 9.97 Å². The van der Waals surface area contributed by atoms with Crippen LogP contribution < -0.4 is 25.6 Å². The molecule has 3 N–H and O–H groups in total. The van der Waals surface area contributed by atoms with Gasteiger partial charge in [0.25, 0.3) is 0 Å². The van der Waals surface area contributed by atoms with Crippen LogP contribution in [0.15, 0.2) is 48.8 Å². The molecule has 30 heavy (non-hydrogen) atoms. The highest BCUT2D eigenvalue weighted by Gasteiger charge is 2.21. The molecule has 1 saturated heterocycles. The van der Waals surface area contributed by atoms with E-state index in [0.717, 1.165) is 37.7 Å². The summed E-state index contributed by atoms with van der Waals surface area (Å²) < 4.78 is 5.24. The maximum Gasteiger partial charge on any atom is 0.159 e. The molecule has 0 amide bonds. The molecule has 0 spiro atoms. The van der Waals surface area contributed by atoms with Gasteiger partial charge < -0.3 is 25.6 Å². The van der Waals surface area contributed by atoms with Crippen molar-refractivity contribution >= 4 is 51.9 Å². The molecule has 0 unspecified atom stereocenters. The van der Waals surface area contributed by atoms with Crippen LogP contribution in [0.5, 0.6) is 5.75 Å². The van der Waals surface area contributed by atoms with Crippen LogP contribution >= 0.6 is 23.2 Å². The molecule has 0 saturated carbocycles. The standard InChI is InChI=1S/C21H22Cl2N6O/c1-30-18-4-2-17(3-5-18)28-6-8-29(9-7-28)21-19(24)20(25-13-26-21)27-16-11-14(22)10-15(23)12-16/h2-5,10-13H,6-9,24H2,1H3,(H,25,26,27). The molecular formula is C21H22Cl2N6O. The van der Waals surface area contributed by atoms with Crippen LogP contribution in [0.1, 0.15) is 0 Å². The fourth-order valence-corrected chi connectivity index (χ4v) is 4.00. The van der Waals surface area contributed by atoms with Crippen molar-refractivity contribution in [2.24, 2.45) is 0 Å². The maximum absolute atomic E-state index is 6.39. The molecule has 1 aromatic heterocycles. The second kappa shape index (κ2) is 8.85. The number of hydrogen-bond donors (Lipinski definition) is 2. The lowest BCUT2D eigenvalue weighted by Gasteiger charge is -2.37. The highest BCUT2D eigenvalue weighted by atomic mass is 35.5. The number of nitrogen functional groups attached to an aromatic ring is 1. The molecule has 7 nitrogen and oxygen atoms in total. The Morgan fingerprint density at radius 3 is 2.20 bits per heavy atom. The third-order valence-corrected chi connectivity index (χ3v) is 5.44. The number of nitrogens with two attached hydrogens (primary N) is 1. The number of aromatic nitrogens is 2. The third-order valence-electron chi connectivity index (χ3n) is 5.00. The molecule has 3 aromatic rings. The van der Waals surface area contributed by atoms with Gasteiger partial charge in [0, 0.05) is 47.6 Å². The minimum Gasteiger partial charge on any atom is -0.497 e. The molecule has 156 valence electrons. The highest BCUT2D eigenvalue weighted by molar-refractivity contribution is 6.35. The maximum atomic E-state index is 6.39. The number of nitrogens with one attached hydrogen (secondary N) is 1. The summed E-state index contributed by atoms with van der Waals surface area (Å²) in [6, 6.07) is 13.3. The lowest BCUT2D eigenvalue weighted by molar-refractivity contribution is 0.415. The normalized spacial score (nSPS) is 14.0. The Morgan fingerprint density at radius 2 is 1.57 bits per heavy atom. The van der Waals surface area contributed by atoms with Gasteiger partial charge in [0.05, 0.1) is 7.11 Å². The number of piperazine rings is 1. The molecule has 2 heterocycles. The van der Waals surface area contributed by atoms with Crippen molar-refractivity contribution in [1.82, 2.24) is 9.97 Å². The number of ether oxygens (including phenoxy) is 1. The molecule has 0 radical (unpaired) electrons. The molecule has 0 aliphatic carbocycles. The van der Waals surface area contributed by atoms with Gasteiger partial charge in [0.2, 0.25) is 0 Å². The Balaban J connectivity index is 1.46. The van der Waals surface area contributed by atoms with E-state index in [9.17, 15) is 0 Å². The molecule has 4 rings (SSSR count). The van der Waals surface area contributed by atoms with Crippen molar-refractivity contribution in [2.45, 2.75) is 0 Å². The highest BCUT2D eigenvalue weighted by Crippen LogP contribution is 2.31. The van der Waals surface area contributed by atoms with Crippen LogP contribution in [-0.4, -0.2) is 43.3 Å². The Morgan fingerprint density at radius 1 is 0.933 bits per heavy atom. The van der Waals surface area contributed by atoms with E-state index in [4.69, 9.17) is 33.7 Å². The van der Waals surface area contributed by atoms with E-state index in [-0.39, 0.29) is 0 Å². The fourth-order valence-electron chi connectivity index (χ4n) is 3.47. The molecule has 2 aromatic carbocycles. The number of rotatable bonds is 5. The van der Waals surface area contributed by atoms with Crippen LogP contribution in [0.2, 0.25) is 10.0 Å². The first-order chi connectivity index (χ1) is 14.5. The summed E-state index contributed by atoms with van der Waals surface area (Å²) >= 11 is 12.2. The first-order valence-electron chi connectivity index (χ1n) is 9.51. The fraction of sp³-hybridized carbons (Fsp3) is 0.238. The zero-order valence-corrected chi connectivity index (χ0v) is 18.0. The summed E-state index contributed by atoms with van der Waals surface area (Å²) in [6.07, 6.45) is 1.51. The van der Waals surface area contributed by atoms with Crippen molar-refractivity contribution in [1.29, 1.82) is 0 Å². The van der Waals surface area contributed by atoms with Gasteiger partial charge in [-0.1, -0.05) is 23.2 Å². The Hall–Kier alpha value is -2.90. The summed E-state index contributed by atoms with van der Waals surface area (Å²) in [5.74, 6) is 2.10. The lowest BCUT2D eigenvalue weighted by atomic mass is 10.2. The molecule has 1 aliphatic heterocycles. The molecule has 1 aliphatic rings. The number of benzene rings is 2. The Kier molecular flexibility index (Phi) is 6.01. The quantitative estimate of drug-likeness (QED) is 0.601. The number of hydrogen-bond acceptors (Lipinski definition) is 7. The Labute approximate surface area is 185 Å². The first kappa shape index (κ1) is 20.4. The van der Waals surface area contributed by atoms with Gasteiger partial charge >= 0.3 is 0 Å². The van der Waals surface area contributed by atoms with Gasteiger partial charge in [-0.2, -0.15) is 0 Å². The van der Waals surface area contributed by atoms with Crippen molar-refractivity contribution in [3.05, 3.63) is 58.8 Å². The van der Waals surface area contributed by atoms with Gasteiger partial charge in [0.1, 0.15) is 17.8 Å². The van der Waals surface area contributed by atoms with Gasteiger partial charge in [-0.3, -0.25) is 0 Å². The van der Waals surface area contributed by atoms with E-state index < -0.39 is 0 Å². The number of halogens is 2. The second-order valence-corrected chi connectivity index (χ2v) is 7.79. The van der Waals surface area contributed by atoms with Crippen molar-refractivity contribution < 1.29 is 4.74 Å². The van der Waals surface area contributed by atoms with E-state index in [1.165, 1.54) is 12.0 Å². The number of anilines is 5. The van der Waals surface area contributed by atoms with Gasteiger partial charge in [0.15, 0.2) is 11.6 Å². The topological polar surface area (TPSA) is 79.5 Å². The first-order valence-corrected chi connectivity index (χ1v) is 10.3. The smallest absolute Gasteiger partial charge is 0.159 e. The molecule has 9 heteroatoms. The lowest BCUT2D eigenvalue weighted by Crippen LogP contribution is -2.47. The van der Waals surface area contributed by atoms with Crippen molar-refractivity contribution in [3.8, 4) is 5.75 Å². The monoisotopic (exact) mass is 444 g/mol. The van der Waals surface area contributed by atoms with E-state index in [2.05, 4.69) is 37.2 Å². The molecular weight excluding hydrogens is 423 g/mol. The average molecular weight is 445 g/mol. The number of methoxy groups -OCH3 is 1. The average Bonchev–Trinajstić information content (AvgIpc) is 2.75. The zero-order chi connectivity index (χ0) is 21.1. The third kappa shape index (κ3) is 4.47. The summed E-state index contributed by atoms with van der Waals surface area (Å²) in [5, 5.41) is 4.25. The minimum atomic E-state index is 0.492. The number of nitrogens with zero attached hydrogens (tertiary/aromatic N) is 4. The summed E-state index contributed by atoms with van der Waals surface area (Å²) in [5.41, 5.74) is 8.77. The van der Waals surface area contributed by atoms with Crippen LogP contribution in [-0.2, 0) is 0 Å². The summed E-state index contributed by atoms with van der Waals surface area (Å²) in [7, 11) is 1.67. The molecule has 0 atom stereocenters. The summed E-state index contributed by atoms with van der Waals surface area (Å²) in [6.45, 7) is 3.33. The van der Waals surface area contributed by atoms with Gasteiger partial charge in [-0.05, 0) is 42.5 Å². The largest absolute Gasteiger partial charge is 0.497 e. The predicted molar refractivity (Wildman–Crippen MR) is 124 cm³/mol. The van der Waals surface area contributed by atoms with E-state index >= 15 is 0 Å².